The van der Waals surface area contributed by atoms with E-state index in [9.17, 15) is 4.79 Å². The maximum atomic E-state index is 12.1. The predicted octanol–water partition coefficient (Wildman–Crippen LogP) is 6.88. The molecule has 0 saturated carbocycles. The second-order valence-electron chi connectivity index (χ2n) is 8.08. The monoisotopic (exact) mass is 391 g/mol. The van der Waals surface area contributed by atoms with Gasteiger partial charge in [0.1, 0.15) is 0 Å². The fourth-order valence-corrected chi connectivity index (χ4v) is 3.26. The molecule has 0 spiro atoms. The average molecular weight is 392 g/mol. The van der Waals surface area contributed by atoms with Crippen molar-refractivity contribution in [1.29, 1.82) is 0 Å². The van der Waals surface area contributed by atoms with E-state index in [0.717, 1.165) is 11.3 Å². The third-order valence-corrected chi connectivity index (χ3v) is 5.02. The second-order valence-corrected chi connectivity index (χ2v) is 8.52. The molecule has 0 heterocycles. The predicted molar refractivity (Wildman–Crippen MR) is 119 cm³/mol. The zero-order valence-electron chi connectivity index (χ0n) is 16.6. The van der Waals surface area contributed by atoms with Crippen molar-refractivity contribution in [2.24, 2.45) is 0 Å². The first-order valence-corrected chi connectivity index (χ1v) is 9.94. The Bertz CT molecular complexity index is 938. The number of benzene rings is 3. The van der Waals surface area contributed by atoms with Crippen molar-refractivity contribution in [2.75, 3.05) is 5.32 Å². The first kappa shape index (κ1) is 20.2. The SMILES string of the molecule is CC(C)(C)c1ccc(-c2ccc(CCC(=O)Nc3cccc(Cl)c3)cc2)cc1. The normalized spacial score (nSPS) is 11.3. The van der Waals surface area contributed by atoms with Crippen LogP contribution in [0.1, 0.15) is 38.3 Å². The lowest BCUT2D eigenvalue weighted by Gasteiger charge is -2.19. The van der Waals surface area contributed by atoms with Gasteiger partial charge in [0.2, 0.25) is 5.91 Å². The summed E-state index contributed by atoms with van der Waals surface area (Å²) >= 11 is 5.95. The Morgan fingerprint density at radius 1 is 0.893 bits per heavy atom. The van der Waals surface area contributed by atoms with Crippen molar-refractivity contribution in [3.05, 3.63) is 88.9 Å². The van der Waals surface area contributed by atoms with E-state index in [1.165, 1.54) is 16.7 Å². The van der Waals surface area contributed by atoms with Crippen molar-refractivity contribution in [3.63, 3.8) is 0 Å². The van der Waals surface area contributed by atoms with Crippen LogP contribution in [0.3, 0.4) is 0 Å². The van der Waals surface area contributed by atoms with Gasteiger partial charge in [0, 0.05) is 17.1 Å². The summed E-state index contributed by atoms with van der Waals surface area (Å²) in [5, 5.41) is 3.50. The van der Waals surface area contributed by atoms with Gasteiger partial charge in [-0.25, -0.2) is 0 Å². The van der Waals surface area contributed by atoms with Crippen LogP contribution in [0.15, 0.2) is 72.8 Å². The fourth-order valence-electron chi connectivity index (χ4n) is 3.07. The molecular weight excluding hydrogens is 366 g/mol. The minimum Gasteiger partial charge on any atom is -0.326 e. The van der Waals surface area contributed by atoms with E-state index in [2.05, 4.69) is 74.6 Å². The molecule has 0 aliphatic heterocycles. The van der Waals surface area contributed by atoms with Gasteiger partial charge in [-0.2, -0.15) is 0 Å². The van der Waals surface area contributed by atoms with E-state index in [1.54, 1.807) is 12.1 Å². The zero-order valence-corrected chi connectivity index (χ0v) is 17.4. The highest BCUT2D eigenvalue weighted by atomic mass is 35.5. The quantitative estimate of drug-likeness (QED) is 0.504. The molecule has 0 atom stereocenters. The Balaban J connectivity index is 1.58. The van der Waals surface area contributed by atoms with E-state index < -0.39 is 0 Å². The standard InChI is InChI=1S/C25H26ClNO/c1-25(2,3)21-14-12-20(13-15-21)19-10-7-18(8-11-19)9-16-24(28)27-23-6-4-5-22(26)17-23/h4-8,10-15,17H,9,16H2,1-3H3,(H,27,28). The summed E-state index contributed by atoms with van der Waals surface area (Å²) in [6.45, 7) is 6.66. The summed E-state index contributed by atoms with van der Waals surface area (Å²) in [6, 6.07) is 24.4. The van der Waals surface area contributed by atoms with Crippen LogP contribution in [-0.4, -0.2) is 5.91 Å². The molecule has 3 aromatic rings. The summed E-state index contributed by atoms with van der Waals surface area (Å²) in [5.74, 6) is -0.0101. The Labute approximate surface area is 172 Å². The van der Waals surface area contributed by atoms with Crippen molar-refractivity contribution in [3.8, 4) is 11.1 Å². The largest absolute Gasteiger partial charge is 0.326 e. The number of anilines is 1. The number of aryl methyl sites for hydroxylation is 1. The topological polar surface area (TPSA) is 29.1 Å². The Morgan fingerprint density at radius 2 is 1.50 bits per heavy atom. The Morgan fingerprint density at radius 3 is 2.07 bits per heavy atom. The molecule has 2 nitrogen and oxygen atoms in total. The first-order chi connectivity index (χ1) is 13.3. The lowest BCUT2D eigenvalue weighted by Crippen LogP contribution is -2.12. The number of rotatable bonds is 5. The molecular formula is C25H26ClNO. The van der Waals surface area contributed by atoms with E-state index in [-0.39, 0.29) is 11.3 Å². The van der Waals surface area contributed by atoms with Crippen LogP contribution in [0.2, 0.25) is 5.02 Å². The smallest absolute Gasteiger partial charge is 0.224 e. The van der Waals surface area contributed by atoms with Crippen molar-refractivity contribution < 1.29 is 4.79 Å². The first-order valence-electron chi connectivity index (χ1n) is 9.56. The highest BCUT2D eigenvalue weighted by molar-refractivity contribution is 6.30. The fraction of sp³-hybridized carbons (Fsp3) is 0.240. The molecule has 0 bridgehead atoms. The summed E-state index contributed by atoms with van der Waals surface area (Å²) in [6.07, 6.45) is 1.14. The summed E-state index contributed by atoms with van der Waals surface area (Å²) in [7, 11) is 0. The van der Waals surface area contributed by atoms with Gasteiger partial charge in [0.15, 0.2) is 0 Å². The maximum Gasteiger partial charge on any atom is 0.224 e. The number of carbonyl (C=O) groups is 1. The molecule has 0 unspecified atom stereocenters. The van der Waals surface area contributed by atoms with Crippen molar-refractivity contribution >= 4 is 23.2 Å². The number of carbonyl (C=O) groups excluding carboxylic acids is 1. The van der Waals surface area contributed by atoms with Crippen LogP contribution in [0, 0.1) is 0 Å². The number of hydrogen-bond donors (Lipinski definition) is 1. The van der Waals surface area contributed by atoms with Gasteiger partial charge in [-0.05, 0) is 52.3 Å². The van der Waals surface area contributed by atoms with Crippen LogP contribution >= 0.6 is 11.6 Å². The average Bonchev–Trinajstić information content (AvgIpc) is 2.66. The van der Waals surface area contributed by atoms with E-state index in [4.69, 9.17) is 11.6 Å². The van der Waals surface area contributed by atoms with Gasteiger partial charge in [0.05, 0.1) is 0 Å². The molecule has 3 rings (SSSR count). The molecule has 1 N–H and O–H groups in total. The highest BCUT2D eigenvalue weighted by Crippen LogP contribution is 2.26. The second kappa shape index (κ2) is 8.62. The van der Waals surface area contributed by atoms with Gasteiger partial charge in [-0.3, -0.25) is 4.79 Å². The molecule has 1 amide bonds. The summed E-state index contributed by atoms with van der Waals surface area (Å²) in [5.41, 5.74) is 5.76. The highest BCUT2D eigenvalue weighted by Gasteiger charge is 2.13. The van der Waals surface area contributed by atoms with Crippen LogP contribution in [0.4, 0.5) is 5.69 Å². The zero-order chi connectivity index (χ0) is 20.1. The number of hydrogen-bond acceptors (Lipinski definition) is 1. The van der Waals surface area contributed by atoms with E-state index in [1.807, 2.05) is 12.1 Å². The summed E-state index contributed by atoms with van der Waals surface area (Å²) in [4.78, 5) is 12.1. The molecule has 28 heavy (non-hydrogen) atoms. The molecule has 0 aliphatic rings. The van der Waals surface area contributed by atoms with Crippen LogP contribution in [0.25, 0.3) is 11.1 Å². The number of nitrogens with one attached hydrogen (secondary N) is 1. The number of amides is 1. The van der Waals surface area contributed by atoms with Crippen LogP contribution < -0.4 is 5.32 Å². The van der Waals surface area contributed by atoms with E-state index in [0.29, 0.717) is 17.9 Å². The third kappa shape index (κ3) is 5.46. The van der Waals surface area contributed by atoms with Gasteiger partial charge in [-0.15, -0.1) is 0 Å². The molecule has 0 saturated heterocycles. The van der Waals surface area contributed by atoms with Crippen LogP contribution in [-0.2, 0) is 16.6 Å². The molecule has 0 radical (unpaired) electrons. The molecule has 0 fully saturated rings. The molecule has 3 heteroatoms. The molecule has 144 valence electrons. The maximum absolute atomic E-state index is 12.1. The van der Waals surface area contributed by atoms with Crippen molar-refractivity contribution in [2.45, 2.75) is 39.0 Å². The molecule has 3 aromatic carbocycles. The Kier molecular flexibility index (Phi) is 6.21. The Hall–Kier alpha value is -2.58. The van der Waals surface area contributed by atoms with Crippen LogP contribution in [0.5, 0.6) is 0 Å². The van der Waals surface area contributed by atoms with Crippen molar-refractivity contribution in [1.82, 2.24) is 0 Å². The third-order valence-electron chi connectivity index (χ3n) is 4.79. The minimum absolute atomic E-state index is 0.0101. The lowest BCUT2D eigenvalue weighted by molar-refractivity contribution is -0.116. The minimum atomic E-state index is -0.0101. The molecule has 0 aromatic heterocycles. The van der Waals surface area contributed by atoms with Gasteiger partial charge in [0.25, 0.3) is 0 Å². The van der Waals surface area contributed by atoms with Gasteiger partial charge < -0.3 is 5.32 Å². The van der Waals surface area contributed by atoms with Gasteiger partial charge >= 0.3 is 0 Å². The summed E-state index contributed by atoms with van der Waals surface area (Å²) < 4.78 is 0. The van der Waals surface area contributed by atoms with E-state index >= 15 is 0 Å². The number of halogens is 1. The van der Waals surface area contributed by atoms with Gasteiger partial charge in [-0.1, -0.05) is 87.0 Å². The lowest BCUT2D eigenvalue weighted by atomic mass is 9.86. The molecule has 0 aliphatic carbocycles.